The van der Waals surface area contributed by atoms with Crippen LogP contribution in [0.5, 0.6) is 0 Å². The van der Waals surface area contributed by atoms with Crippen molar-refractivity contribution >= 4 is 43.6 Å². The highest BCUT2D eigenvalue weighted by Gasteiger charge is 2.17. The first-order chi connectivity index (χ1) is 30.7. The summed E-state index contributed by atoms with van der Waals surface area (Å²) in [5.74, 6) is 0.701. The molecule has 4 nitrogen and oxygen atoms in total. The number of nitrogens with zero attached hydrogens (tertiary/aromatic N) is 4. The molecule has 0 aliphatic rings. The van der Waals surface area contributed by atoms with Gasteiger partial charge in [-0.3, -0.25) is 0 Å². The summed E-state index contributed by atoms with van der Waals surface area (Å²) in [5.41, 5.74) is 16.6. The summed E-state index contributed by atoms with van der Waals surface area (Å²) in [7, 11) is 0. The van der Waals surface area contributed by atoms with E-state index in [1.165, 1.54) is 54.7 Å². The molecule has 0 fully saturated rings. The van der Waals surface area contributed by atoms with Crippen molar-refractivity contribution in [2.24, 2.45) is 0 Å². The van der Waals surface area contributed by atoms with Gasteiger partial charge in [-0.1, -0.05) is 164 Å². The van der Waals surface area contributed by atoms with Crippen molar-refractivity contribution in [3.8, 4) is 67.5 Å². The molecule has 0 bridgehead atoms. The molecule has 4 heteroatoms. The third-order valence-corrected chi connectivity index (χ3v) is 12.1. The van der Waals surface area contributed by atoms with Crippen LogP contribution in [0.4, 0.5) is 0 Å². The van der Waals surface area contributed by atoms with Crippen LogP contribution in [0, 0.1) is 0 Å². The quantitative estimate of drug-likeness (QED) is 0.161. The van der Waals surface area contributed by atoms with Gasteiger partial charge in [0.15, 0.2) is 5.82 Å². The van der Waals surface area contributed by atoms with E-state index in [0.717, 1.165) is 50.6 Å². The second-order valence-electron chi connectivity index (χ2n) is 15.8. The van der Waals surface area contributed by atoms with Crippen molar-refractivity contribution in [3.05, 3.63) is 231 Å². The van der Waals surface area contributed by atoms with Crippen molar-refractivity contribution in [3.63, 3.8) is 0 Å². The van der Waals surface area contributed by atoms with Crippen molar-refractivity contribution in [2.45, 2.75) is 0 Å². The molecule has 12 rings (SSSR count). The Hall–Kier alpha value is -8.34. The summed E-state index contributed by atoms with van der Waals surface area (Å²) in [6.45, 7) is 0. The minimum absolute atomic E-state index is 0.701. The number of benzene rings is 9. The van der Waals surface area contributed by atoms with Crippen LogP contribution in [0.15, 0.2) is 231 Å². The molecule has 0 spiro atoms. The highest BCUT2D eigenvalue weighted by Crippen LogP contribution is 2.39. The SMILES string of the molecule is c1ccc(-c2cc(-c3ccccc3)nc(-c3cccc(-c4ccc(-n5c6ccccc6c6cc(-c7ccc8c9ccccc9n(-c9ccccc9)c8c7)ccc65)cc4)c3)n2)cc1. The largest absolute Gasteiger partial charge is 0.309 e. The van der Waals surface area contributed by atoms with E-state index in [1.807, 2.05) is 36.4 Å². The van der Waals surface area contributed by atoms with Gasteiger partial charge in [0.25, 0.3) is 0 Å². The molecule has 0 atom stereocenters. The molecular formula is C58H38N4. The fourth-order valence-corrected chi connectivity index (χ4v) is 9.17. The van der Waals surface area contributed by atoms with E-state index in [4.69, 9.17) is 9.97 Å². The lowest BCUT2D eigenvalue weighted by molar-refractivity contribution is 1.18. The van der Waals surface area contributed by atoms with Crippen LogP contribution in [-0.4, -0.2) is 19.1 Å². The molecule has 12 aromatic rings. The second-order valence-corrected chi connectivity index (χ2v) is 15.8. The van der Waals surface area contributed by atoms with Gasteiger partial charge in [0.1, 0.15) is 0 Å². The molecule has 0 amide bonds. The minimum atomic E-state index is 0.701. The average Bonchev–Trinajstić information content (AvgIpc) is 3.87. The number of para-hydroxylation sites is 3. The molecule has 0 saturated heterocycles. The Morgan fingerprint density at radius 1 is 0.242 bits per heavy atom. The third kappa shape index (κ3) is 6.08. The molecule has 0 aliphatic carbocycles. The predicted molar refractivity (Wildman–Crippen MR) is 258 cm³/mol. The fourth-order valence-electron chi connectivity index (χ4n) is 9.17. The Bertz CT molecular complexity index is 3550. The van der Waals surface area contributed by atoms with Crippen LogP contribution >= 0.6 is 0 Å². The van der Waals surface area contributed by atoms with Gasteiger partial charge in [0.2, 0.25) is 0 Å². The van der Waals surface area contributed by atoms with Gasteiger partial charge in [-0.15, -0.1) is 0 Å². The van der Waals surface area contributed by atoms with Gasteiger partial charge in [0, 0.05) is 49.6 Å². The smallest absolute Gasteiger partial charge is 0.160 e. The Balaban J connectivity index is 0.917. The van der Waals surface area contributed by atoms with E-state index in [9.17, 15) is 0 Å². The highest BCUT2D eigenvalue weighted by atomic mass is 15.0. The van der Waals surface area contributed by atoms with E-state index < -0.39 is 0 Å². The maximum Gasteiger partial charge on any atom is 0.160 e. The molecule has 62 heavy (non-hydrogen) atoms. The topological polar surface area (TPSA) is 35.6 Å². The summed E-state index contributed by atoms with van der Waals surface area (Å²) >= 11 is 0. The molecule has 0 unspecified atom stereocenters. The Morgan fingerprint density at radius 2 is 0.694 bits per heavy atom. The molecule has 290 valence electrons. The Morgan fingerprint density at radius 3 is 1.37 bits per heavy atom. The van der Waals surface area contributed by atoms with Crippen LogP contribution in [0.3, 0.4) is 0 Å². The highest BCUT2D eigenvalue weighted by molar-refractivity contribution is 6.12. The van der Waals surface area contributed by atoms with Gasteiger partial charge in [-0.2, -0.15) is 0 Å². The van der Waals surface area contributed by atoms with Crippen LogP contribution in [0.1, 0.15) is 0 Å². The lowest BCUT2D eigenvalue weighted by Gasteiger charge is -2.12. The fraction of sp³-hybridized carbons (Fsp3) is 0. The molecule has 0 aliphatic heterocycles. The summed E-state index contributed by atoms with van der Waals surface area (Å²) in [6, 6.07) is 82.2. The molecular weight excluding hydrogens is 753 g/mol. The molecule has 3 heterocycles. The minimum Gasteiger partial charge on any atom is -0.309 e. The first kappa shape index (κ1) is 35.6. The van der Waals surface area contributed by atoms with E-state index in [1.54, 1.807) is 0 Å². The van der Waals surface area contributed by atoms with Gasteiger partial charge >= 0.3 is 0 Å². The maximum atomic E-state index is 5.09. The van der Waals surface area contributed by atoms with Gasteiger partial charge in [0.05, 0.1) is 33.5 Å². The number of fused-ring (bicyclic) bond motifs is 6. The lowest BCUT2D eigenvalue weighted by atomic mass is 10.0. The molecule has 0 radical (unpaired) electrons. The van der Waals surface area contributed by atoms with Crippen molar-refractivity contribution < 1.29 is 0 Å². The van der Waals surface area contributed by atoms with E-state index >= 15 is 0 Å². The second kappa shape index (κ2) is 14.7. The van der Waals surface area contributed by atoms with Crippen molar-refractivity contribution in [1.82, 2.24) is 19.1 Å². The average molecular weight is 791 g/mol. The van der Waals surface area contributed by atoms with Gasteiger partial charge in [-0.05, 0) is 89.0 Å². The summed E-state index contributed by atoms with van der Waals surface area (Å²) in [5, 5.41) is 4.97. The zero-order valence-corrected chi connectivity index (χ0v) is 33.7. The standard InChI is InChI=1S/C58H38N4/c1-4-15-40(16-5-1)52-38-53(41-17-6-2-7-18-41)60-58(59-52)45-20-14-19-42(35-45)39-27-31-47(32-28-39)61-55-26-13-11-24-49(55)51-36-43(30-34-56(51)61)44-29-33-50-48-23-10-12-25-54(48)62(57(50)37-44)46-21-8-3-9-22-46/h1-38H. The van der Waals surface area contributed by atoms with Gasteiger partial charge < -0.3 is 9.13 Å². The molecule has 9 aromatic carbocycles. The molecule has 3 aromatic heterocycles. The van der Waals surface area contributed by atoms with Gasteiger partial charge in [-0.25, -0.2) is 9.97 Å². The molecule has 0 N–H and O–H groups in total. The Labute approximate surface area is 359 Å². The first-order valence-corrected chi connectivity index (χ1v) is 21.1. The van der Waals surface area contributed by atoms with Crippen molar-refractivity contribution in [2.75, 3.05) is 0 Å². The van der Waals surface area contributed by atoms with Crippen LogP contribution in [0.2, 0.25) is 0 Å². The van der Waals surface area contributed by atoms with E-state index in [0.29, 0.717) is 5.82 Å². The number of hydrogen-bond acceptors (Lipinski definition) is 2. The monoisotopic (exact) mass is 790 g/mol. The van der Waals surface area contributed by atoms with Crippen LogP contribution in [-0.2, 0) is 0 Å². The number of hydrogen-bond donors (Lipinski definition) is 0. The Kier molecular flexibility index (Phi) is 8.46. The van der Waals surface area contributed by atoms with E-state index in [2.05, 4.69) is 203 Å². The lowest BCUT2D eigenvalue weighted by Crippen LogP contribution is -1.96. The van der Waals surface area contributed by atoms with Crippen LogP contribution in [0.25, 0.3) is 111 Å². The zero-order chi connectivity index (χ0) is 41.0. The third-order valence-electron chi connectivity index (χ3n) is 12.1. The first-order valence-electron chi connectivity index (χ1n) is 21.1. The number of rotatable bonds is 7. The number of aromatic nitrogens is 4. The summed E-state index contributed by atoms with van der Waals surface area (Å²) in [4.78, 5) is 10.2. The predicted octanol–water partition coefficient (Wildman–Crippen LogP) is 15.0. The maximum absolute atomic E-state index is 5.09. The summed E-state index contributed by atoms with van der Waals surface area (Å²) in [6.07, 6.45) is 0. The summed E-state index contributed by atoms with van der Waals surface area (Å²) < 4.78 is 4.77. The molecule has 0 saturated carbocycles. The van der Waals surface area contributed by atoms with E-state index in [-0.39, 0.29) is 0 Å². The van der Waals surface area contributed by atoms with Crippen molar-refractivity contribution in [1.29, 1.82) is 0 Å². The normalized spacial score (nSPS) is 11.5. The zero-order valence-electron chi connectivity index (χ0n) is 33.7. The van der Waals surface area contributed by atoms with Crippen LogP contribution < -0.4 is 0 Å².